The summed E-state index contributed by atoms with van der Waals surface area (Å²) >= 11 is 4.43. The van der Waals surface area contributed by atoms with Gasteiger partial charge in [-0.15, -0.1) is 0 Å². The Hall–Kier alpha value is 2.29. The molecule has 0 bridgehead atoms. The molecule has 0 rings (SSSR count). The van der Waals surface area contributed by atoms with Crippen molar-refractivity contribution in [3.8, 4) is 0 Å². The minimum absolute atomic E-state index is 0. The molecule has 4 heteroatoms. The Bertz CT molecular complexity index is 36.6. The summed E-state index contributed by atoms with van der Waals surface area (Å²) in [5.41, 5.74) is 0. The van der Waals surface area contributed by atoms with Crippen LogP contribution in [0.2, 0.25) is 0 Å². The number of hydrogen-bond donors (Lipinski definition) is 0. The first kappa shape index (κ1) is 79.0. The van der Waals surface area contributed by atoms with E-state index in [0.717, 1.165) is 0 Å². The Morgan fingerprint density at radius 1 is 0.692 bits per heavy atom. The Morgan fingerprint density at radius 2 is 0.692 bits per heavy atom. The monoisotopic (exact) mass is 602 g/mol. The van der Waals surface area contributed by atoms with Crippen molar-refractivity contribution in [2.75, 3.05) is 0 Å². The molecule has 0 N–H and O–H groups in total. The van der Waals surface area contributed by atoms with E-state index >= 15 is 0 Å². The SMILES string of the molecule is C.C.C.C[C-]=[V].C[C-]=[V].[CH3-].[CH3-].[W+2].[W+2]. The van der Waals surface area contributed by atoms with Crippen molar-refractivity contribution in [2.24, 2.45) is 0 Å². The summed E-state index contributed by atoms with van der Waals surface area (Å²) in [6.45, 7) is 3.69. The minimum atomic E-state index is 0. The van der Waals surface area contributed by atoms with Crippen LogP contribution in [-0.4, -0.2) is 9.46 Å². The summed E-state index contributed by atoms with van der Waals surface area (Å²) in [7, 11) is 0. The largest absolute Gasteiger partial charge is 2.00 e. The zero-order chi connectivity index (χ0) is 5.41. The van der Waals surface area contributed by atoms with Crippen molar-refractivity contribution >= 4 is 9.46 Å². The van der Waals surface area contributed by atoms with Gasteiger partial charge in [-0.2, -0.15) is 0 Å². The molecule has 0 aliphatic heterocycles. The van der Waals surface area contributed by atoms with Gasteiger partial charge in [0, 0.05) is 0 Å². The van der Waals surface area contributed by atoms with Crippen molar-refractivity contribution in [3.05, 3.63) is 14.9 Å². The predicted octanol–water partition coefficient (Wildman–Crippen LogP) is 3.27. The maximum atomic E-state index is 2.69. The molecule has 0 unspecified atom stereocenters. The van der Waals surface area contributed by atoms with Crippen LogP contribution in [0.25, 0.3) is 0 Å². The molecule has 0 aliphatic rings. The maximum Gasteiger partial charge on any atom is 2.00 e. The first-order valence-corrected chi connectivity index (χ1v) is 2.84. The van der Waals surface area contributed by atoms with Crippen LogP contribution in [0, 0.1) is 14.9 Å². The molecule has 0 saturated heterocycles. The fraction of sp³-hybridized carbons (Fsp3) is 0.556. The smallest absolute Gasteiger partial charge is 0.358 e. The molecule has 0 atom stereocenters. The number of rotatable bonds is 0. The van der Waals surface area contributed by atoms with E-state index in [1.54, 1.807) is 0 Å². The van der Waals surface area contributed by atoms with Gasteiger partial charge in [-0.3, -0.25) is 0 Å². The first-order chi connectivity index (χ1) is 2.83. The van der Waals surface area contributed by atoms with E-state index in [1.807, 2.05) is 13.8 Å². The molecular weight excluding hydrogens is 578 g/mol. The average Bonchev–Trinajstić information content (AvgIpc) is 1.39. The molecule has 0 heterocycles. The standard InChI is InChI=1S/2C2H3.3CH4.2CH3.2V.2W/c2*1-2;;;;;;;;;/h2*1H3;3*1H4;2*1H3;;;;/q2*-1;;;;2*-1;;;2*+2. The summed E-state index contributed by atoms with van der Waals surface area (Å²) in [6, 6.07) is 0. The summed E-state index contributed by atoms with van der Waals surface area (Å²) in [5.74, 6) is 0. The topological polar surface area (TPSA) is 0 Å². The summed E-state index contributed by atoms with van der Waals surface area (Å²) in [6.07, 6.45) is 0. The third-order valence-electron chi connectivity index (χ3n) is 0. The first-order valence-electron chi connectivity index (χ1n) is 1.45. The summed E-state index contributed by atoms with van der Waals surface area (Å²) in [5, 5.41) is 0. The third kappa shape index (κ3) is 413. The normalized spacial score (nSPS) is 1.85. The Kier molecular flexibility index (Phi) is 834. The maximum absolute atomic E-state index is 2.69. The molecule has 0 aromatic rings. The molecule has 0 radical (unpaired) electrons. The fourth-order valence-corrected chi connectivity index (χ4v) is 0. The quantitative estimate of drug-likeness (QED) is 0.374. The van der Waals surface area contributed by atoms with Gasteiger partial charge < -0.3 is 14.9 Å². The van der Waals surface area contributed by atoms with Gasteiger partial charge in [0.2, 0.25) is 0 Å². The number of hydrogen-bond acceptors (Lipinski definition) is 0. The molecule has 0 fully saturated rings. The van der Waals surface area contributed by atoms with Crippen LogP contribution in [0.1, 0.15) is 36.1 Å². The van der Waals surface area contributed by atoms with E-state index in [0.29, 0.717) is 0 Å². The van der Waals surface area contributed by atoms with Gasteiger partial charge in [0.05, 0.1) is 0 Å². The van der Waals surface area contributed by atoms with Gasteiger partial charge in [-0.05, 0) is 0 Å². The fourth-order valence-electron chi connectivity index (χ4n) is 0. The van der Waals surface area contributed by atoms with E-state index in [2.05, 4.69) is 43.4 Å². The van der Waals surface area contributed by atoms with E-state index < -0.39 is 0 Å². The zero-order valence-electron chi connectivity index (χ0n) is 6.71. The van der Waals surface area contributed by atoms with E-state index in [9.17, 15) is 0 Å². The van der Waals surface area contributed by atoms with Gasteiger partial charge in [-0.1, -0.05) is 22.3 Å². The van der Waals surface area contributed by atoms with Crippen molar-refractivity contribution in [2.45, 2.75) is 36.1 Å². The van der Waals surface area contributed by atoms with Gasteiger partial charge >= 0.3 is 99.4 Å². The van der Waals surface area contributed by atoms with Crippen LogP contribution in [-0.2, 0) is 76.1 Å². The Labute approximate surface area is 135 Å². The second kappa shape index (κ2) is 137. The Morgan fingerprint density at radius 3 is 0.692 bits per heavy atom. The molecule has 0 aliphatic carbocycles. The second-order valence-corrected chi connectivity index (χ2v) is 1.84. The van der Waals surface area contributed by atoms with Crippen molar-refractivity contribution in [1.82, 2.24) is 0 Å². The van der Waals surface area contributed by atoms with Crippen LogP contribution in [0.15, 0.2) is 0 Å². The Balaban J connectivity index is -0.00000000229. The summed E-state index contributed by atoms with van der Waals surface area (Å²) in [4.78, 5) is 0. The zero-order valence-corrected chi connectivity index (χ0v) is 15.4. The van der Waals surface area contributed by atoms with Crippen LogP contribution >= 0.6 is 0 Å². The molecule has 0 aromatic heterocycles. The van der Waals surface area contributed by atoms with Gasteiger partial charge in [0.15, 0.2) is 0 Å². The van der Waals surface area contributed by atoms with Gasteiger partial charge in [0.1, 0.15) is 0 Å². The average molecular weight is 602 g/mol. The van der Waals surface area contributed by atoms with Crippen LogP contribution in [0.5, 0.6) is 0 Å². The molecule has 0 saturated carbocycles. The molecule has 0 spiro atoms. The van der Waals surface area contributed by atoms with Crippen LogP contribution in [0.4, 0.5) is 0 Å². The predicted molar refractivity (Wildman–Crippen MR) is 54.4 cm³/mol. The molecule has 0 amide bonds. The molecule has 0 nitrogen and oxygen atoms in total. The van der Waals surface area contributed by atoms with Crippen LogP contribution in [0.3, 0.4) is 0 Å². The molecule has 0 aromatic carbocycles. The van der Waals surface area contributed by atoms with Crippen molar-refractivity contribution in [1.29, 1.82) is 0 Å². The molecular formula is C9H24V2W2. The van der Waals surface area contributed by atoms with E-state index in [-0.39, 0.29) is 79.3 Å². The third-order valence-corrected chi connectivity index (χ3v) is 0. The minimum Gasteiger partial charge on any atom is -0.358 e. The van der Waals surface area contributed by atoms with Gasteiger partial charge in [-0.25, -0.2) is 0 Å². The van der Waals surface area contributed by atoms with E-state index in [1.165, 1.54) is 0 Å². The van der Waals surface area contributed by atoms with Crippen molar-refractivity contribution in [3.63, 3.8) is 0 Å². The second-order valence-electron chi connectivity index (χ2n) is 0.447. The van der Waals surface area contributed by atoms with E-state index in [4.69, 9.17) is 0 Å². The molecule has 13 heavy (non-hydrogen) atoms. The van der Waals surface area contributed by atoms with Gasteiger partial charge in [0.25, 0.3) is 0 Å². The summed E-state index contributed by atoms with van der Waals surface area (Å²) < 4.78 is 5.38. The molecule has 82 valence electrons. The van der Waals surface area contributed by atoms with Crippen molar-refractivity contribution < 1.29 is 76.1 Å². The van der Waals surface area contributed by atoms with Crippen LogP contribution < -0.4 is 0 Å².